The fraction of sp³-hybridized carbons (Fsp3) is 0.389. The molecule has 25 heavy (non-hydrogen) atoms. The molecule has 0 fully saturated rings. The summed E-state index contributed by atoms with van der Waals surface area (Å²) in [7, 11) is 0. The summed E-state index contributed by atoms with van der Waals surface area (Å²) in [6.45, 7) is 8.88. The van der Waals surface area contributed by atoms with E-state index in [1.807, 2.05) is 26.8 Å². The second-order valence-corrected chi connectivity index (χ2v) is 5.43. The molecule has 0 saturated heterocycles. The molecule has 0 unspecified atom stereocenters. The highest BCUT2D eigenvalue weighted by Gasteiger charge is 2.20. The van der Waals surface area contributed by atoms with Gasteiger partial charge >= 0.3 is 5.97 Å². The maximum Gasteiger partial charge on any atom is 0.361 e. The van der Waals surface area contributed by atoms with Crippen molar-refractivity contribution in [1.82, 2.24) is 15.4 Å². The second kappa shape index (κ2) is 8.86. The molecule has 2 aromatic rings. The molecule has 1 aromatic carbocycles. The zero-order valence-electron chi connectivity index (χ0n) is 15.0. The van der Waals surface area contributed by atoms with Gasteiger partial charge in [-0.25, -0.2) is 4.79 Å². The van der Waals surface area contributed by atoms with Crippen LogP contribution in [0.2, 0.25) is 0 Å². The number of carbonyl (C=O) groups is 1. The van der Waals surface area contributed by atoms with E-state index in [2.05, 4.69) is 15.4 Å². The quantitative estimate of drug-likeness (QED) is 0.583. The number of aromatic amines is 1. The summed E-state index contributed by atoms with van der Waals surface area (Å²) in [6.07, 6.45) is 1.99. The van der Waals surface area contributed by atoms with E-state index in [-0.39, 0.29) is 12.3 Å². The van der Waals surface area contributed by atoms with Crippen molar-refractivity contribution in [2.75, 3.05) is 19.8 Å². The molecule has 1 aromatic heterocycles. The number of nitrogens with one attached hydrogen (secondary N) is 1. The Kier molecular flexibility index (Phi) is 6.56. The third kappa shape index (κ3) is 4.82. The Morgan fingerprint density at radius 3 is 2.60 bits per heavy atom. The zero-order valence-corrected chi connectivity index (χ0v) is 15.0. The molecule has 1 N–H and O–H groups in total. The molecule has 0 aliphatic heterocycles. The molecule has 0 radical (unpaired) electrons. The third-order valence-electron chi connectivity index (χ3n) is 3.26. The van der Waals surface area contributed by atoms with E-state index in [9.17, 15) is 4.79 Å². The fourth-order valence-electron chi connectivity index (χ4n) is 2.11. The van der Waals surface area contributed by atoms with Gasteiger partial charge in [-0.15, -0.1) is 5.10 Å². The Morgan fingerprint density at radius 1 is 1.12 bits per heavy atom. The van der Waals surface area contributed by atoms with E-state index in [1.54, 1.807) is 25.1 Å². The molecule has 0 amide bonds. The summed E-state index contributed by atoms with van der Waals surface area (Å²) < 4.78 is 16.4. The minimum Gasteiger partial charge on any atom is -0.490 e. The van der Waals surface area contributed by atoms with Crippen LogP contribution < -0.4 is 9.47 Å². The van der Waals surface area contributed by atoms with Crippen LogP contribution in [0.3, 0.4) is 0 Å². The summed E-state index contributed by atoms with van der Waals surface area (Å²) in [5.74, 6) is 0.692. The van der Waals surface area contributed by atoms with Crippen molar-refractivity contribution in [3.05, 3.63) is 35.5 Å². The lowest BCUT2D eigenvalue weighted by atomic mass is 10.1. The van der Waals surface area contributed by atoms with Crippen LogP contribution in [0.4, 0.5) is 0 Å². The Balaban J connectivity index is 2.31. The van der Waals surface area contributed by atoms with Crippen molar-refractivity contribution in [1.29, 1.82) is 0 Å². The van der Waals surface area contributed by atoms with Crippen molar-refractivity contribution in [3.63, 3.8) is 0 Å². The molecule has 1 heterocycles. The van der Waals surface area contributed by atoms with Crippen LogP contribution in [0.25, 0.3) is 11.3 Å². The summed E-state index contributed by atoms with van der Waals surface area (Å²) in [6, 6.07) is 5.38. The third-order valence-corrected chi connectivity index (χ3v) is 3.26. The lowest BCUT2D eigenvalue weighted by Crippen LogP contribution is -2.07. The highest BCUT2D eigenvalue weighted by atomic mass is 16.5. The van der Waals surface area contributed by atoms with Crippen molar-refractivity contribution < 1.29 is 19.0 Å². The smallest absolute Gasteiger partial charge is 0.361 e. The topological polar surface area (TPSA) is 86.3 Å². The molecular weight excluding hydrogens is 322 g/mol. The van der Waals surface area contributed by atoms with Crippen LogP contribution in [0.15, 0.2) is 29.8 Å². The van der Waals surface area contributed by atoms with Gasteiger partial charge in [-0.1, -0.05) is 5.57 Å². The Hall–Kier alpha value is -2.83. The van der Waals surface area contributed by atoms with Gasteiger partial charge in [-0.3, -0.25) is 0 Å². The monoisotopic (exact) mass is 345 g/mol. The number of allylic oxidation sites excluding steroid dienone is 1. The normalized spacial score (nSPS) is 10.2. The minimum atomic E-state index is -0.520. The standard InChI is InChI=1S/C18H23N3O4/c1-5-23-15-11-13(7-8-14(15)25-10-9-12(3)4)16-17(20-21-19-16)18(22)24-6-2/h7-9,11H,5-6,10H2,1-4H3,(H,19,20,21). The van der Waals surface area contributed by atoms with E-state index in [0.717, 1.165) is 0 Å². The van der Waals surface area contributed by atoms with Crippen LogP contribution in [0, 0.1) is 0 Å². The summed E-state index contributed by atoms with van der Waals surface area (Å²) in [5.41, 5.74) is 2.42. The molecule has 0 saturated carbocycles. The molecule has 0 aliphatic rings. The summed E-state index contributed by atoms with van der Waals surface area (Å²) in [5, 5.41) is 10.4. The first kappa shape index (κ1) is 18.5. The largest absolute Gasteiger partial charge is 0.490 e. The molecular formula is C18H23N3O4. The van der Waals surface area contributed by atoms with Gasteiger partial charge < -0.3 is 14.2 Å². The van der Waals surface area contributed by atoms with E-state index >= 15 is 0 Å². The van der Waals surface area contributed by atoms with Gasteiger partial charge in [0.05, 0.1) is 13.2 Å². The molecule has 2 rings (SSSR count). The molecule has 0 aliphatic carbocycles. The molecule has 134 valence electrons. The average molecular weight is 345 g/mol. The molecule has 0 atom stereocenters. The van der Waals surface area contributed by atoms with Crippen molar-refractivity contribution in [2.24, 2.45) is 0 Å². The van der Waals surface area contributed by atoms with Gasteiger partial charge in [0.2, 0.25) is 0 Å². The minimum absolute atomic E-state index is 0.141. The van der Waals surface area contributed by atoms with Crippen molar-refractivity contribution in [2.45, 2.75) is 27.7 Å². The number of hydrogen-bond acceptors (Lipinski definition) is 6. The summed E-state index contributed by atoms with van der Waals surface area (Å²) in [4.78, 5) is 12.0. The van der Waals surface area contributed by atoms with Gasteiger partial charge in [0.1, 0.15) is 12.3 Å². The number of aromatic nitrogens is 3. The van der Waals surface area contributed by atoms with Gasteiger partial charge in [0, 0.05) is 5.56 Å². The molecule has 0 spiro atoms. The van der Waals surface area contributed by atoms with Crippen LogP contribution >= 0.6 is 0 Å². The fourth-order valence-corrected chi connectivity index (χ4v) is 2.11. The Morgan fingerprint density at radius 2 is 1.92 bits per heavy atom. The number of carbonyl (C=O) groups excluding carboxylic acids is 1. The molecule has 0 bridgehead atoms. The zero-order chi connectivity index (χ0) is 18.2. The van der Waals surface area contributed by atoms with Crippen LogP contribution in [0.5, 0.6) is 11.5 Å². The number of rotatable bonds is 8. The van der Waals surface area contributed by atoms with Gasteiger partial charge in [-0.05, 0) is 52.0 Å². The lowest BCUT2D eigenvalue weighted by molar-refractivity contribution is 0.0520. The SMILES string of the molecule is CCOC(=O)c1n[nH]nc1-c1ccc(OCC=C(C)C)c(OCC)c1. The second-order valence-electron chi connectivity index (χ2n) is 5.43. The van der Waals surface area contributed by atoms with E-state index in [0.29, 0.717) is 36.0 Å². The Bertz CT molecular complexity index is 749. The maximum absolute atomic E-state index is 12.0. The first-order valence-electron chi connectivity index (χ1n) is 8.18. The lowest BCUT2D eigenvalue weighted by Gasteiger charge is -2.12. The average Bonchev–Trinajstić information content (AvgIpc) is 3.06. The number of H-pyrrole nitrogens is 1. The maximum atomic E-state index is 12.0. The number of ether oxygens (including phenoxy) is 3. The molecule has 7 heteroatoms. The van der Waals surface area contributed by atoms with Gasteiger partial charge in [0.15, 0.2) is 17.2 Å². The predicted molar refractivity (Wildman–Crippen MR) is 93.9 cm³/mol. The highest BCUT2D eigenvalue weighted by Crippen LogP contribution is 2.33. The van der Waals surface area contributed by atoms with Crippen molar-refractivity contribution >= 4 is 5.97 Å². The molecule has 7 nitrogen and oxygen atoms in total. The number of nitrogens with zero attached hydrogens (tertiary/aromatic N) is 2. The number of hydrogen-bond donors (Lipinski definition) is 1. The van der Waals surface area contributed by atoms with E-state index in [1.165, 1.54) is 5.57 Å². The first-order valence-corrected chi connectivity index (χ1v) is 8.18. The Labute approximate surface area is 147 Å². The first-order chi connectivity index (χ1) is 12.1. The summed E-state index contributed by atoms with van der Waals surface area (Å²) >= 11 is 0. The van der Waals surface area contributed by atoms with Crippen LogP contribution in [0.1, 0.15) is 38.2 Å². The van der Waals surface area contributed by atoms with Crippen molar-refractivity contribution in [3.8, 4) is 22.8 Å². The van der Waals surface area contributed by atoms with E-state index in [4.69, 9.17) is 14.2 Å². The van der Waals surface area contributed by atoms with Crippen LogP contribution in [-0.2, 0) is 4.74 Å². The van der Waals surface area contributed by atoms with Gasteiger partial charge in [0.25, 0.3) is 0 Å². The predicted octanol–water partition coefficient (Wildman–Crippen LogP) is 3.39. The number of benzene rings is 1. The highest BCUT2D eigenvalue weighted by molar-refractivity contribution is 5.94. The van der Waals surface area contributed by atoms with Crippen LogP contribution in [-0.4, -0.2) is 41.2 Å². The van der Waals surface area contributed by atoms with Gasteiger partial charge in [-0.2, -0.15) is 10.3 Å². The van der Waals surface area contributed by atoms with E-state index < -0.39 is 5.97 Å². The number of esters is 1.